The number of rotatable bonds is 5. The number of carboxylic acid groups (broad SMARTS) is 1. The van der Waals surface area contributed by atoms with Crippen LogP contribution in [0.3, 0.4) is 0 Å². The van der Waals surface area contributed by atoms with Crippen LogP contribution in [0.5, 0.6) is 5.88 Å². The van der Waals surface area contributed by atoms with Crippen molar-refractivity contribution >= 4 is 17.6 Å². The van der Waals surface area contributed by atoms with E-state index in [1.807, 2.05) is 0 Å². The van der Waals surface area contributed by atoms with Crippen LogP contribution in [-0.4, -0.2) is 38.6 Å². The van der Waals surface area contributed by atoms with Gasteiger partial charge in [-0.2, -0.15) is 4.98 Å². The zero-order valence-electron chi connectivity index (χ0n) is 14.3. The number of carbonyl (C=O) groups excluding carboxylic acids is 1. The molecule has 2 heterocycles. The summed E-state index contributed by atoms with van der Waals surface area (Å²) in [4.78, 5) is 39.9. The number of ether oxygens (including phenoxy) is 1. The molecule has 138 valence electrons. The Labute approximate surface area is 153 Å². The van der Waals surface area contributed by atoms with E-state index in [0.29, 0.717) is 5.56 Å². The Balaban J connectivity index is 2.19. The predicted molar refractivity (Wildman–Crippen MR) is 95.0 cm³/mol. The number of carboxylic acids is 1. The van der Waals surface area contributed by atoms with Crippen molar-refractivity contribution in [3.8, 4) is 5.88 Å². The Morgan fingerprint density at radius 2 is 1.89 bits per heavy atom. The van der Waals surface area contributed by atoms with Crippen LogP contribution in [0.2, 0.25) is 0 Å². The average Bonchev–Trinajstić information content (AvgIpc) is 2.67. The van der Waals surface area contributed by atoms with E-state index in [4.69, 9.17) is 9.84 Å². The SMILES string of the molecule is COC(=O)C[C@H](c1ccc(C(=O)O)cc1)c1c(O)nc2ccccn2c1=O. The van der Waals surface area contributed by atoms with Crippen LogP contribution in [0, 0.1) is 0 Å². The molecule has 1 aromatic carbocycles. The Bertz CT molecular complexity index is 1070. The van der Waals surface area contributed by atoms with Gasteiger partial charge in [-0.1, -0.05) is 18.2 Å². The van der Waals surface area contributed by atoms with E-state index in [0.717, 1.165) is 0 Å². The van der Waals surface area contributed by atoms with E-state index in [1.54, 1.807) is 18.2 Å². The lowest BCUT2D eigenvalue weighted by atomic mass is 9.89. The molecule has 2 N–H and O–H groups in total. The number of fused-ring (bicyclic) bond motifs is 1. The molecule has 3 rings (SSSR count). The highest BCUT2D eigenvalue weighted by Crippen LogP contribution is 2.31. The summed E-state index contributed by atoms with van der Waals surface area (Å²) in [6, 6.07) is 10.6. The van der Waals surface area contributed by atoms with Crippen LogP contribution < -0.4 is 5.56 Å². The van der Waals surface area contributed by atoms with Gasteiger partial charge in [-0.3, -0.25) is 14.0 Å². The summed E-state index contributed by atoms with van der Waals surface area (Å²) in [5, 5.41) is 19.4. The number of pyridine rings is 1. The van der Waals surface area contributed by atoms with Gasteiger partial charge < -0.3 is 14.9 Å². The van der Waals surface area contributed by atoms with Crippen molar-refractivity contribution < 1.29 is 24.5 Å². The van der Waals surface area contributed by atoms with Gasteiger partial charge in [0.1, 0.15) is 5.65 Å². The minimum atomic E-state index is -1.10. The first-order chi connectivity index (χ1) is 12.9. The molecular weight excluding hydrogens is 352 g/mol. The first kappa shape index (κ1) is 18.1. The van der Waals surface area contributed by atoms with Gasteiger partial charge in [0, 0.05) is 12.1 Å². The van der Waals surface area contributed by atoms with Gasteiger partial charge in [0.15, 0.2) is 0 Å². The number of hydrogen-bond donors (Lipinski definition) is 2. The van der Waals surface area contributed by atoms with Gasteiger partial charge in [0.05, 0.1) is 24.7 Å². The summed E-state index contributed by atoms with van der Waals surface area (Å²) in [6.07, 6.45) is 1.29. The number of benzene rings is 1. The number of carbonyl (C=O) groups is 2. The number of aromatic carboxylic acids is 1. The maximum Gasteiger partial charge on any atom is 0.335 e. The molecule has 0 amide bonds. The molecular formula is C19H16N2O6. The molecule has 8 nitrogen and oxygen atoms in total. The van der Waals surface area contributed by atoms with E-state index >= 15 is 0 Å². The molecule has 3 aromatic rings. The minimum absolute atomic E-state index is 0.0628. The summed E-state index contributed by atoms with van der Waals surface area (Å²) in [5.41, 5.74) is 0.229. The fourth-order valence-corrected chi connectivity index (χ4v) is 2.89. The van der Waals surface area contributed by atoms with Crippen LogP contribution in [0.4, 0.5) is 0 Å². The van der Waals surface area contributed by atoms with Crippen LogP contribution in [0.15, 0.2) is 53.5 Å². The average molecular weight is 368 g/mol. The first-order valence-corrected chi connectivity index (χ1v) is 8.02. The highest BCUT2D eigenvalue weighted by molar-refractivity contribution is 5.87. The van der Waals surface area contributed by atoms with Crippen molar-refractivity contribution in [1.82, 2.24) is 9.38 Å². The monoisotopic (exact) mass is 368 g/mol. The number of hydrogen-bond acceptors (Lipinski definition) is 6. The fourth-order valence-electron chi connectivity index (χ4n) is 2.89. The van der Waals surface area contributed by atoms with Crippen LogP contribution in [0.25, 0.3) is 5.65 Å². The van der Waals surface area contributed by atoms with E-state index in [-0.39, 0.29) is 23.2 Å². The lowest BCUT2D eigenvalue weighted by Crippen LogP contribution is -2.24. The summed E-state index contributed by atoms with van der Waals surface area (Å²) in [7, 11) is 1.22. The number of aromatic hydroxyl groups is 1. The van der Waals surface area contributed by atoms with Crippen LogP contribution >= 0.6 is 0 Å². The predicted octanol–water partition coefficient (Wildman–Crippen LogP) is 1.79. The molecule has 27 heavy (non-hydrogen) atoms. The third kappa shape index (κ3) is 3.50. The molecule has 2 aromatic heterocycles. The van der Waals surface area contributed by atoms with E-state index in [2.05, 4.69) is 4.98 Å². The summed E-state index contributed by atoms with van der Waals surface area (Å²) in [5.74, 6) is -3.01. The van der Waals surface area contributed by atoms with Gasteiger partial charge in [-0.25, -0.2) is 4.79 Å². The van der Waals surface area contributed by atoms with Crippen molar-refractivity contribution in [2.75, 3.05) is 7.11 Å². The van der Waals surface area contributed by atoms with E-state index < -0.39 is 29.3 Å². The van der Waals surface area contributed by atoms with Crippen LogP contribution in [-0.2, 0) is 9.53 Å². The van der Waals surface area contributed by atoms with Crippen molar-refractivity contribution in [3.63, 3.8) is 0 Å². The van der Waals surface area contributed by atoms with Gasteiger partial charge in [0.25, 0.3) is 5.56 Å². The number of esters is 1. The Morgan fingerprint density at radius 3 is 2.52 bits per heavy atom. The summed E-state index contributed by atoms with van der Waals surface area (Å²) < 4.78 is 5.98. The molecule has 0 aliphatic rings. The molecule has 0 fully saturated rings. The Morgan fingerprint density at radius 1 is 1.19 bits per heavy atom. The number of methoxy groups -OCH3 is 1. The zero-order valence-corrected chi connectivity index (χ0v) is 14.3. The van der Waals surface area contributed by atoms with Crippen molar-refractivity contribution in [1.29, 1.82) is 0 Å². The number of nitrogens with zero attached hydrogens (tertiary/aromatic N) is 2. The summed E-state index contributed by atoms with van der Waals surface area (Å²) >= 11 is 0. The van der Waals surface area contributed by atoms with E-state index in [9.17, 15) is 19.5 Å². The molecule has 0 aliphatic heterocycles. The second kappa shape index (κ2) is 7.28. The molecule has 8 heteroatoms. The topological polar surface area (TPSA) is 118 Å². The van der Waals surface area contributed by atoms with Gasteiger partial charge in [0.2, 0.25) is 5.88 Å². The molecule has 0 bridgehead atoms. The molecule has 0 spiro atoms. The highest BCUT2D eigenvalue weighted by Gasteiger charge is 2.27. The maximum absolute atomic E-state index is 12.9. The molecule has 0 saturated heterocycles. The lowest BCUT2D eigenvalue weighted by molar-refractivity contribution is -0.140. The first-order valence-electron chi connectivity index (χ1n) is 8.02. The Hall–Kier alpha value is -3.68. The third-order valence-electron chi connectivity index (χ3n) is 4.26. The van der Waals surface area contributed by atoms with Gasteiger partial charge in [-0.05, 0) is 29.8 Å². The molecule has 1 atom stereocenters. The molecule has 0 radical (unpaired) electrons. The quantitative estimate of drug-likeness (QED) is 0.659. The molecule has 0 unspecified atom stereocenters. The smallest absolute Gasteiger partial charge is 0.335 e. The van der Waals surface area contributed by atoms with Crippen molar-refractivity contribution in [3.05, 3.63) is 75.7 Å². The standard InChI is InChI=1S/C19H16N2O6/c1-27-15(22)10-13(11-5-7-12(8-6-11)19(25)26)16-17(23)20-14-4-2-3-9-21(14)18(16)24/h2-9,13,23H,10H2,1H3,(H,25,26)/t13-/m1/s1. The highest BCUT2D eigenvalue weighted by atomic mass is 16.5. The lowest BCUT2D eigenvalue weighted by Gasteiger charge is -2.17. The summed E-state index contributed by atoms with van der Waals surface area (Å²) in [6.45, 7) is 0. The second-order valence-corrected chi connectivity index (χ2v) is 5.84. The largest absolute Gasteiger partial charge is 0.493 e. The molecule has 0 aliphatic carbocycles. The minimum Gasteiger partial charge on any atom is -0.493 e. The maximum atomic E-state index is 12.9. The van der Waals surface area contributed by atoms with Crippen LogP contribution in [0.1, 0.15) is 33.8 Å². The zero-order chi connectivity index (χ0) is 19.6. The van der Waals surface area contributed by atoms with Crippen molar-refractivity contribution in [2.24, 2.45) is 0 Å². The number of aromatic nitrogens is 2. The van der Waals surface area contributed by atoms with E-state index in [1.165, 1.54) is 42.0 Å². The van der Waals surface area contributed by atoms with Gasteiger partial charge >= 0.3 is 11.9 Å². The second-order valence-electron chi connectivity index (χ2n) is 5.84. The normalized spacial score (nSPS) is 11.9. The third-order valence-corrected chi connectivity index (χ3v) is 4.26. The van der Waals surface area contributed by atoms with Gasteiger partial charge in [-0.15, -0.1) is 0 Å². The molecule has 0 saturated carbocycles. The van der Waals surface area contributed by atoms with Crippen molar-refractivity contribution in [2.45, 2.75) is 12.3 Å². The fraction of sp³-hybridized carbons (Fsp3) is 0.158. The Kier molecular flexibility index (Phi) is 4.89.